The number of amides is 2. The van der Waals surface area contributed by atoms with Crippen LogP contribution in [0.5, 0.6) is 0 Å². The Hall–Kier alpha value is -0.780. The van der Waals surface area contributed by atoms with Crippen LogP contribution in [-0.2, 0) is 6.54 Å². The Bertz CT molecular complexity index is 474. The van der Waals surface area contributed by atoms with Crippen molar-refractivity contribution in [2.45, 2.75) is 46.7 Å². The van der Waals surface area contributed by atoms with E-state index in [1.165, 1.54) is 11.3 Å². The van der Waals surface area contributed by atoms with E-state index >= 15 is 0 Å². The van der Waals surface area contributed by atoms with Gasteiger partial charge in [-0.1, -0.05) is 39.3 Å². The highest BCUT2D eigenvalue weighted by atomic mass is 35.5. The Kier molecular flexibility index (Phi) is 8.95. The van der Waals surface area contributed by atoms with Gasteiger partial charge < -0.3 is 10.2 Å². The van der Waals surface area contributed by atoms with Crippen LogP contribution in [0.15, 0.2) is 12.1 Å². The summed E-state index contributed by atoms with van der Waals surface area (Å²) in [6.45, 7) is 12.1. The van der Waals surface area contributed by atoms with Crippen LogP contribution in [0.25, 0.3) is 0 Å². The van der Waals surface area contributed by atoms with E-state index < -0.39 is 0 Å². The van der Waals surface area contributed by atoms with Gasteiger partial charge in [0.05, 0.1) is 10.9 Å². The van der Waals surface area contributed by atoms with Crippen LogP contribution in [0.4, 0.5) is 4.79 Å². The SMILES string of the molecule is CCN(CC)C(CNC(=O)N(C)Cc1ccc(Cl)s1)CC(C)C. The number of nitrogens with one attached hydrogen (secondary N) is 1. The lowest BCUT2D eigenvalue weighted by atomic mass is 10.0. The highest BCUT2D eigenvalue weighted by Gasteiger charge is 2.19. The van der Waals surface area contributed by atoms with E-state index in [9.17, 15) is 4.79 Å². The molecule has 0 radical (unpaired) electrons. The molecule has 23 heavy (non-hydrogen) atoms. The smallest absolute Gasteiger partial charge is 0.317 e. The van der Waals surface area contributed by atoms with Gasteiger partial charge in [-0.2, -0.15) is 0 Å². The lowest BCUT2D eigenvalue weighted by Crippen LogP contribution is -2.47. The van der Waals surface area contributed by atoms with Gasteiger partial charge in [0.15, 0.2) is 0 Å². The predicted molar refractivity (Wildman–Crippen MR) is 100 cm³/mol. The van der Waals surface area contributed by atoms with Crippen molar-refractivity contribution in [3.63, 3.8) is 0 Å². The van der Waals surface area contributed by atoms with Crippen molar-refractivity contribution in [1.82, 2.24) is 15.1 Å². The maximum atomic E-state index is 12.3. The molecule has 6 heteroatoms. The molecule has 0 aliphatic rings. The number of urea groups is 1. The van der Waals surface area contributed by atoms with Gasteiger partial charge in [0.25, 0.3) is 0 Å². The van der Waals surface area contributed by atoms with Crippen LogP contribution in [0.3, 0.4) is 0 Å². The summed E-state index contributed by atoms with van der Waals surface area (Å²) in [7, 11) is 1.82. The van der Waals surface area contributed by atoms with Crippen LogP contribution < -0.4 is 5.32 Å². The van der Waals surface area contributed by atoms with Crippen molar-refractivity contribution in [3.05, 3.63) is 21.3 Å². The molecular weight excluding hydrogens is 330 g/mol. The summed E-state index contributed by atoms with van der Waals surface area (Å²) >= 11 is 7.45. The van der Waals surface area contributed by atoms with Gasteiger partial charge in [-0.25, -0.2) is 4.79 Å². The number of thiophene rings is 1. The summed E-state index contributed by atoms with van der Waals surface area (Å²) in [5, 5.41) is 3.08. The lowest BCUT2D eigenvalue weighted by molar-refractivity contribution is 0.175. The van der Waals surface area contributed by atoms with E-state index in [2.05, 4.69) is 37.9 Å². The molecule has 0 aliphatic carbocycles. The molecule has 1 aromatic heterocycles. The van der Waals surface area contributed by atoms with Crippen molar-refractivity contribution in [3.8, 4) is 0 Å². The second kappa shape index (κ2) is 10.2. The minimum Gasteiger partial charge on any atom is -0.336 e. The Balaban J connectivity index is 2.52. The number of carbonyl (C=O) groups is 1. The number of carbonyl (C=O) groups excluding carboxylic acids is 1. The fourth-order valence-electron chi connectivity index (χ4n) is 2.73. The summed E-state index contributed by atoms with van der Waals surface area (Å²) in [6, 6.07) is 4.19. The first-order chi connectivity index (χ1) is 10.9. The van der Waals surface area contributed by atoms with Crippen molar-refractivity contribution in [1.29, 1.82) is 0 Å². The fourth-order valence-corrected chi connectivity index (χ4v) is 3.87. The van der Waals surface area contributed by atoms with Gasteiger partial charge in [-0.3, -0.25) is 4.90 Å². The molecule has 0 aromatic carbocycles. The van der Waals surface area contributed by atoms with Gasteiger partial charge in [-0.05, 0) is 37.6 Å². The van der Waals surface area contributed by atoms with Gasteiger partial charge in [0, 0.05) is 24.5 Å². The minimum absolute atomic E-state index is 0.0320. The number of nitrogens with zero attached hydrogens (tertiary/aromatic N) is 2. The van der Waals surface area contributed by atoms with Crippen molar-refractivity contribution in [2.24, 2.45) is 5.92 Å². The monoisotopic (exact) mass is 359 g/mol. The molecule has 1 aromatic rings. The van der Waals surface area contributed by atoms with Gasteiger partial charge in [0.2, 0.25) is 0 Å². The molecule has 1 unspecified atom stereocenters. The minimum atomic E-state index is -0.0320. The highest BCUT2D eigenvalue weighted by molar-refractivity contribution is 7.16. The topological polar surface area (TPSA) is 35.6 Å². The molecule has 1 heterocycles. The van der Waals surface area contributed by atoms with E-state index in [1.807, 2.05) is 19.2 Å². The average molecular weight is 360 g/mol. The molecule has 0 aliphatic heterocycles. The fraction of sp³-hybridized carbons (Fsp3) is 0.706. The van der Waals surface area contributed by atoms with E-state index in [1.54, 1.807) is 4.90 Å². The van der Waals surface area contributed by atoms with E-state index in [4.69, 9.17) is 11.6 Å². The van der Waals surface area contributed by atoms with Crippen molar-refractivity contribution < 1.29 is 4.79 Å². The number of hydrogen-bond donors (Lipinski definition) is 1. The third-order valence-corrected chi connectivity index (χ3v) is 5.15. The van der Waals surface area contributed by atoms with Gasteiger partial charge >= 0.3 is 6.03 Å². The zero-order valence-electron chi connectivity index (χ0n) is 14.9. The zero-order valence-corrected chi connectivity index (χ0v) is 16.5. The Labute approximate surface area is 149 Å². The first-order valence-corrected chi connectivity index (χ1v) is 9.53. The number of likely N-dealkylation sites (N-methyl/N-ethyl adjacent to an activating group) is 1. The molecule has 4 nitrogen and oxygen atoms in total. The third-order valence-electron chi connectivity index (χ3n) is 3.93. The first kappa shape index (κ1) is 20.3. The van der Waals surface area contributed by atoms with E-state index in [-0.39, 0.29) is 6.03 Å². The summed E-state index contributed by atoms with van der Waals surface area (Å²) in [4.78, 5) is 17.5. The highest BCUT2D eigenvalue weighted by Crippen LogP contribution is 2.22. The molecular formula is C17H30ClN3OS. The normalized spacial score (nSPS) is 12.7. The van der Waals surface area contributed by atoms with Crippen LogP contribution in [0.2, 0.25) is 4.34 Å². The van der Waals surface area contributed by atoms with Crippen LogP contribution in [-0.4, -0.2) is 48.6 Å². The number of halogens is 1. The van der Waals surface area contributed by atoms with Crippen molar-refractivity contribution in [2.75, 3.05) is 26.7 Å². The second-order valence-corrected chi connectivity index (χ2v) is 8.05. The zero-order chi connectivity index (χ0) is 17.4. The average Bonchev–Trinajstić information content (AvgIpc) is 2.89. The largest absolute Gasteiger partial charge is 0.336 e. The predicted octanol–water partition coefficient (Wildman–Crippen LogP) is 4.30. The molecule has 1 atom stereocenters. The molecule has 132 valence electrons. The van der Waals surface area contributed by atoms with Crippen LogP contribution in [0.1, 0.15) is 39.0 Å². The first-order valence-electron chi connectivity index (χ1n) is 8.34. The molecule has 0 spiro atoms. The summed E-state index contributed by atoms with van der Waals surface area (Å²) in [5.41, 5.74) is 0. The standard InChI is InChI=1S/C17H30ClN3OS/c1-6-21(7-2)14(10-13(3)4)11-19-17(22)20(5)12-15-8-9-16(18)23-15/h8-9,13-14H,6-7,10-12H2,1-5H3,(H,19,22). The molecule has 1 N–H and O–H groups in total. The number of rotatable bonds is 9. The second-order valence-electron chi connectivity index (χ2n) is 6.25. The maximum absolute atomic E-state index is 12.3. The Morgan fingerprint density at radius 1 is 1.30 bits per heavy atom. The Morgan fingerprint density at radius 2 is 1.96 bits per heavy atom. The van der Waals surface area contributed by atoms with Crippen LogP contribution in [0, 0.1) is 5.92 Å². The Morgan fingerprint density at radius 3 is 2.43 bits per heavy atom. The lowest BCUT2D eigenvalue weighted by Gasteiger charge is -2.31. The summed E-state index contributed by atoms with van der Waals surface area (Å²) in [5.74, 6) is 0.614. The molecule has 0 saturated carbocycles. The third kappa shape index (κ3) is 7.10. The maximum Gasteiger partial charge on any atom is 0.317 e. The van der Waals surface area contributed by atoms with Crippen LogP contribution >= 0.6 is 22.9 Å². The van der Waals surface area contributed by atoms with E-state index in [0.717, 1.165) is 28.7 Å². The number of hydrogen-bond acceptors (Lipinski definition) is 3. The molecule has 1 rings (SSSR count). The molecule has 0 bridgehead atoms. The van der Waals surface area contributed by atoms with Crippen molar-refractivity contribution >= 4 is 29.0 Å². The van der Waals surface area contributed by atoms with Gasteiger partial charge in [-0.15, -0.1) is 11.3 Å². The molecule has 0 saturated heterocycles. The summed E-state index contributed by atoms with van der Waals surface area (Å²) < 4.78 is 0.757. The van der Waals surface area contributed by atoms with E-state index in [0.29, 0.717) is 25.0 Å². The van der Waals surface area contributed by atoms with Gasteiger partial charge in [0.1, 0.15) is 0 Å². The summed E-state index contributed by atoms with van der Waals surface area (Å²) in [6.07, 6.45) is 1.09. The molecule has 0 fully saturated rings. The quantitative estimate of drug-likeness (QED) is 0.713. The molecule has 2 amide bonds.